The maximum absolute atomic E-state index is 13.6. The second-order valence-electron chi connectivity index (χ2n) is 6.43. The van der Waals surface area contributed by atoms with Gasteiger partial charge in [-0.3, -0.25) is 9.59 Å². The van der Waals surface area contributed by atoms with Crippen LogP contribution in [0.5, 0.6) is 0 Å². The van der Waals surface area contributed by atoms with Gasteiger partial charge in [-0.1, -0.05) is 6.07 Å². The molecule has 1 aromatic carbocycles. The van der Waals surface area contributed by atoms with Crippen LogP contribution in [0, 0.1) is 12.7 Å². The van der Waals surface area contributed by atoms with Crippen molar-refractivity contribution in [2.75, 3.05) is 5.32 Å². The summed E-state index contributed by atoms with van der Waals surface area (Å²) in [5, 5.41) is 3.00. The average Bonchev–Trinajstić information content (AvgIpc) is 3.17. The van der Waals surface area contributed by atoms with Crippen LogP contribution < -0.4 is 11.1 Å². The predicted octanol–water partition coefficient (Wildman–Crippen LogP) is 2.97. The molecule has 1 aliphatic rings. The number of halogens is 1. The Hall–Kier alpha value is -2.74. The number of hydrogen-bond donors (Lipinski definition) is 2. The second kappa shape index (κ2) is 7.48. The molecule has 3 rings (SSSR count). The van der Waals surface area contributed by atoms with Gasteiger partial charge in [0, 0.05) is 4.88 Å². The molecule has 0 saturated carbocycles. The molecule has 0 radical (unpaired) electrons. The van der Waals surface area contributed by atoms with Gasteiger partial charge in [0.25, 0.3) is 11.8 Å². The van der Waals surface area contributed by atoms with E-state index in [1.807, 2.05) is 0 Å². The van der Waals surface area contributed by atoms with Crippen LogP contribution in [0.4, 0.5) is 9.39 Å². The molecular formula is C19H19FN2O4S. The summed E-state index contributed by atoms with van der Waals surface area (Å²) in [5.74, 6) is -2.51. The van der Waals surface area contributed by atoms with Crippen molar-refractivity contribution in [1.29, 1.82) is 0 Å². The highest BCUT2D eigenvalue weighted by Gasteiger charge is 2.28. The van der Waals surface area contributed by atoms with E-state index in [9.17, 15) is 18.8 Å². The molecule has 1 atom stereocenters. The number of nitrogens with two attached hydrogens (primary N) is 1. The van der Waals surface area contributed by atoms with Gasteiger partial charge in [-0.05, 0) is 56.4 Å². The van der Waals surface area contributed by atoms with Gasteiger partial charge in [0.1, 0.15) is 10.8 Å². The lowest BCUT2D eigenvalue weighted by Gasteiger charge is -2.14. The number of carbonyl (C=O) groups is 3. The van der Waals surface area contributed by atoms with E-state index in [-0.39, 0.29) is 5.56 Å². The van der Waals surface area contributed by atoms with E-state index in [1.54, 1.807) is 6.92 Å². The highest BCUT2D eigenvalue weighted by Crippen LogP contribution is 2.38. The molecule has 8 heteroatoms. The number of ether oxygens (including phenoxy) is 1. The van der Waals surface area contributed by atoms with E-state index in [4.69, 9.17) is 10.5 Å². The Bertz CT molecular complexity index is 938. The zero-order valence-electron chi connectivity index (χ0n) is 14.9. The van der Waals surface area contributed by atoms with Crippen LogP contribution in [0.1, 0.15) is 50.1 Å². The number of benzene rings is 1. The van der Waals surface area contributed by atoms with Crippen molar-refractivity contribution in [3.05, 3.63) is 51.1 Å². The van der Waals surface area contributed by atoms with E-state index in [0.29, 0.717) is 16.1 Å². The van der Waals surface area contributed by atoms with Crippen LogP contribution in [0.15, 0.2) is 18.2 Å². The molecule has 2 aromatic rings. The summed E-state index contributed by atoms with van der Waals surface area (Å²) in [6.45, 7) is 2.98. The number of thiophene rings is 1. The number of primary amides is 1. The van der Waals surface area contributed by atoms with Crippen LogP contribution in [-0.4, -0.2) is 23.9 Å². The van der Waals surface area contributed by atoms with E-state index in [0.717, 1.165) is 35.8 Å². The summed E-state index contributed by atoms with van der Waals surface area (Å²) in [7, 11) is 0. The Kier molecular flexibility index (Phi) is 5.27. The Morgan fingerprint density at radius 1 is 1.30 bits per heavy atom. The smallest absolute Gasteiger partial charge is 0.339 e. The Morgan fingerprint density at radius 3 is 2.70 bits per heavy atom. The normalized spacial score (nSPS) is 13.7. The van der Waals surface area contributed by atoms with E-state index < -0.39 is 29.7 Å². The lowest BCUT2D eigenvalue weighted by molar-refractivity contribution is -0.123. The SMILES string of the molecule is Cc1ccc(C(=O)O[C@@H](C)C(=O)Nc2sc3c(c2C(N)=O)CCC3)cc1F. The van der Waals surface area contributed by atoms with Gasteiger partial charge >= 0.3 is 5.97 Å². The van der Waals surface area contributed by atoms with Crippen LogP contribution in [-0.2, 0) is 22.4 Å². The van der Waals surface area contributed by atoms with Crippen molar-refractivity contribution >= 4 is 34.1 Å². The fourth-order valence-electron chi connectivity index (χ4n) is 2.97. The molecule has 0 fully saturated rings. The number of hydrogen-bond acceptors (Lipinski definition) is 5. The number of esters is 1. The molecule has 0 saturated heterocycles. The molecule has 1 aliphatic carbocycles. The van der Waals surface area contributed by atoms with Crippen molar-refractivity contribution in [2.45, 2.75) is 39.2 Å². The maximum atomic E-state index is 13.6. The van der Waals surface area contributed by atoms with Crippen LogP contribution in [0.25, 0.3) is 0 Å². The van der Waals surface area contributed by atoms with Gasteiger partial charge in [-0.2, -0.15) is 0 Å². The molecule has 6 nitrogen and oxygen atoms in total. The number of nitrogens with one attached hydrogen (secondary N) is 1. The quantitative estimate of drug-likeness (QED) is 0.767. The molecular weight excluding hydrogens is 371 g/mol. The minimum absolute atomic E-state index is 0.0191. The van der Waals surface area contributed by atoms with Gasteiger partial charge in [0.2, 0.25) is 0 Å². The minimum atomic E-state index is -1.13. The first-order valence-electron chi connectivity index (χ1n) is 8.50. The van der Waals surface area contributed by atoms with E-state index in [1.165, 1.54) is 30.4 Å². The van der Waals surface area contributed by atoms with E-state index in [2.05, 4.69) is 5.32 Å². The van der Waals surface area contributed by atoms with Crippen molar-refractivity contribution in [3.8, 4) is 0 Å². The summed E-state index contributed by atoms with van der Waals surface area (Å²) in [4.78, 5) is 37.3. The van der Waals surface area contributed by atoms with Gasteiger partial charge < -0.3 is 15.8 Å². The molecule has 27 heavy (non-hydrogen) atoms. The Balaban J connectivity index is 1.70. The summed E-state index contributed by atoms with van der Waals surface area (Å²) >= 11 is 1.32. The summed E-state index contributed by atoms with van der Waals surface area (Å²) in [6, 6.07) is 3.96. The summed E-state index contributed by atoms with van der Waals surface area (Å²) < 4.78 is 18.7. The molecule has 0 unspecified atom stereocenters. The molecule has 1 aromatic heterocycles. The average molecular weight is 390 g/mol. The highest BCUT2D eigenvalue weighted by atomic mass is 32.1. The van der Waals surface area contributed by atoms with Crippen LogP contribution in [0.2, 0.25) is 0 Å². The first kappa shape index (κ1) is 19.0. The van der Waals surface area contributed by atoms with Gasteiger partial charge in [0.05, 0.1) is 11.1 Å². The van der Waals surface area contributed by atoms with Crippen LogP contribution in [0.3, 0.4) is 0 Å². The highest BCUT2D eigenvalue weighted by molar-refractivity contribution is 7.17. The number of carbonyl (C=O) groups excluding carboxylic acids is 3. The first-order valence-corrected chi connectivity index (χ1v) is 9.32. The maximum Gasteiger partial charge on any atom is 0.339 e. The Labute approximate surface area is 159 Å². The molecule has 2 amide bonds. The molecule has 0 aliphatic heterocycles. The standard InChI is InChI=1S/C19H19FN2O4S/c1-9-6-7-11(8-13(9)20)19(25)26-10(2)17(24)22-18-15(16(21)23)12-4-3-5-14(12)27-18/h6-8,10H,3-5H2,1-2H3,(H2,21,23)(H,22,24)/t10-/m0/s1. The summed E-state index contributed by atoms with van der Waals surface area (Å²) in [5.41, 5.74) is 7.11. The van der Waals surface area contributed by atoms with Crippen molar-refractivity contribution < 1.29 is 23.5 Å². The predicted molar refractivity (Wildman–Crippen MR) is 99.5 cm³/mol. The third-order valence-corrected chi connectivity index (χ3v) is 5.67. The fourth-order valence-corrected chi connectivity index (χ4v) is 4.27. The lowest BCUT2D eigenvalue weighted by atomic mass is 10.1. The zero-order chi connectivity index (χ0) is 19.7. The van der Waals surface area contributed by atoms with Crippen LogP contribution >= 0.6 is 11.3 Å². The van der Waals surface area contributed by atoms with Crippen molar-refractivity contribution in [3.63, 3.8) is 0 Å². The van der Waals surface area contributed by atoms with Crippen molar-refractivity contribution in [1.82, 2.24) is 0 Å². The van der Waals surface area contributed by atoms with E-state index >= 15 is 0 Å². The number of aryl methyl sites for hydroxylation is 2. The monoisotopic (exact) mass is 390 g/mol. The number of anilines is 1. The van der Waals surface area contributed by atoms with Gasteiger partial charge in [-0.25, -0.2) is 9.18 Å². The van der Waals surface area contributed by atoms with Crippen molar-refractivity contribution in [2.24, 2.45) is 5.73 Å². The third-order valence-electron chi connectivity index (χ3n) is 4.47. The largest absolute Gasteiger partial charge is 0.449 e. The fraction of sp³-hybridized carbons (Fsp3) is 0.316. The topological polar surface area (TPSA) is 98.5 Å². The zero-order valence-corrected chi connectivity index (χ0v) is 15.7. The van der Waals surface area contributed by atoms with Gasteiger partial charge in [-0.15, -0.1) is 11.3 Å². The molecule has 0 spiro atoms. The lowest BCUT2D eigenvalue weighted by Crippen LogP contribution is -2.30. The number of fused-ring (bicyclic) bond motifs is 1. The molecule has 3 N–H and O–H groups in total. The molecule has 1 heterocycles. The number of amides is 2. The molecule has 142 valence electrons. The Morgan fingerprint density at radius 2 is 2.04 bits per heavy atom. The minimum Gasteiger partial charge on any atom is -0.449 e. The first-order chi connectivity index (χ1) is 12.8. The molecule has 0 bridgehead atoms. The third kappa shape index (κ3) is 3.85. The number of rotatable bonds is 5. The summed E-state index contributed by atoms with van der Waals surface area (Å²) in [6.07, 6.45) is 1.43. The van der Waals surface area contributed by atoms with Gasteiger partial charge in [0.15, 0.2) is 6.10 Å². The second-order valence-corrected chi connectivity index (χ2v) is 7.53.